The number of nitrogens with two attached hydrogens (primary N) is 1. The number of ketones is 2. The molecule has 10 nitrogen and oxygen atoms in total. The molecule has 1 aromatic heterocycles. The van der Waals surface area contributed by atoms with Gasteiger partial charge in [-0.3, -0.25) is 19.3 Å². The number of aromatic nitrogens is 2. The number of amides is 1. The number of allylic oxidation sites excluding steroid dienone is 1. The first kappa shape index (κ1) is 26.7. The Morgan fingerprint density at radius 2 is 1.95 bits per heavy atom. The highest BCUT2D eigenvalue weighted by Crippen LogP contribution is 2.58. The fourth-order valence-electron chi connectivity index (χ4n) is 7.33. The quantitative estimate of drug-likeness (QED) is 0.412. The Hall–Kier alpha value is -3.92. The topological polar surface area (TPSA) is 159 Å². The van der Waals surface area contributed by atoms with Crippen LogP contribution in [0.1, 0.15) is 48.2 Å². The highest BCUT2D eigenvalue weighted by atomic mass is 16.3. The number of rotatable bonds is 6. The summed E-state index contributed by atoms with van der Waals surface area (Å²) >= 11 is 0. The third kappa shape index (κ3) is 3.88. The van der Waals surface area contributed by atoms with E-state index in [0.29, 0.717) is 24.0 Å². The molecule has 3 aliphatic carbocycles. The van der Waals surface area contributed by atoms with Crippen LogP contribution in [0, 0.1) is 23.2 Å². The number of likely N-dealkylation sites (N-methyl/N-ethyl adjacent to an activating group) is 1. The number of aliphatic hydroxyl groups is 2. The SMILES string of the molecule is CC[C@]1(C)C(C(N)=O)=C(O)[C@@H](N(C)C)C2CC3Cc4c(C(=O)Cn5ccnc5)ccc(O)c4C(O)=C3C(=O)C21. The van der Waals surface area contributed by atoms with Gasteiger partial charge in [0.05, 0.1) is 30.1 Å². The molecule has 5 rings (SSSR count). The number of aromatic hydroxyl groups is 1. The van der Waals surface area contributed by atoms with E-state index in [2.05, 4.69) is 4.98 Å². The van der Waals surface area contributed by atoms with Crippen molar-refractivity contribution in [2.45, 2.75) is 45.7 Å². The van der Waals surface area contributed by atoms with Crippen molar-refractivity contribution in [3.05, 3.63) is 64.4 Å². The van der Waals surface area contributed by atoms with E-state index in [1.807, 2.05) is 6.92 Å². The van der Waals surface area contributed by atoms with Crippen molar-refractivity contribution >= 4 is 23.2 Å². The van der Waals surface area contributed by atoms with E-state index in [1.165, 1.54) is 12.4 Å². The van der Waals surface area contributed by atoms with Crippen LogP contribution in [0.15, 0.2) is 47.8 Å². The number of nitrogens with zero attached hydrogens (tertiary/aromatic N) is 3. The number of hydrogen-bond acceptors (Lipinski definition) is 8. The summed E-state index contributed by atoms with van der Waals surface area (Å²) < 4.78 is 1.64. The van der Waals surface area contributed by atoms with E-state index in [4.69, 9.17) is 5.73 Å². The first-order chi connectivity index (χ1) is 18.4. The molecule has 0 spiro atoms. The lowest BCUT2D eigenvalue weighted by molar-refractivity contribution is -0.132. The van der Waals surface area contributed by atoms with E-state index in [0.717, 1.165) is 0 Å². The highest BCUT2D eigenvalue weighted by Gasteiger charge is 2.60. The number of benzene rings is 1. The van der Waals surface area contributed by atoms with Crippen molar-refractivity contribution in [1.82, 2.24) is 14.5 Å². The third-order valence-electron chi connectivity index (χ3n) is 9.10. The number of imidazole rings is 1. The van der Waals surface area contributed by atoms with Crippen molar-refractivity contribution in [3.8, 4) is 5.75 Å². The lowest BCUT2D eigenvalue weighted by Gasteiger charge is -2.54. The van der Waals surface area contributed by atoms with Gasteiger partial charge in [-0.25, -0.2) is 4.98 Å². The van der Waals surface area contributed by atoms with E-state index in [9.17, 15) is 29.7 Å². The molecule has 5 atom stereocenters. The lowest BCUT2D eigenvalue weighted by atomic mass is 9.51. The molecule has 39 heavy (non-hydrogen) atoms. The van der Waals surface area contributed by atoms with Crippen LogP contribution in [-0.4, -0.2) is 67.4 Å². The first-order valence-electron chi connectivity index (χ1n) is 13.1. The summed E-state index contributed by atoms with van der Waals surface area (Å²) in [4.78, 5) is 46.0. The van der Waals surface area contributed by atoms with Crippen LogP contribution in [0.5, 0.6) is 5.75 Å². The Balaban J connectivity index is 1.66. The van der Waals surface area contributed by atoms with Crippen molar-refractivity contribution < 1.29 is 29.7 Å². The zero-order chi connectivity index (χ0) is 28.4. The van der Waals surface area contributed by atoms with Gasteiger partial charge in [-0.2, -0.15) is 0 Å². The molecular formula is C29H34N4O6. The number of phenolic OH excluding ortho intramolecular Hbond substituents is 1. The number of hydrogen-bond donors (Lipinski definition) is 4. The standard InChI is InChI=1S/C29H34N4O6/c1-5-29(2)22-17(24(32(3)4)27(38)23(29)28(30)39)11-14-10-16-15(19(35)12-33-9-8-31-13-33)6-7-18(34)21(16)25(36)20(14)26(22)37/h6-9,13-14,17,22,24,34,36,38H,5,10-12H2,1-4H3,(H2,30,39)/t14?,17?,22?,24-,29-/m0/s1. The summed E-state index contributed by atoms with van der Waals surface area (Å²) in [5.74, 6) is -3.52. The van der Waals surface area contributed by atoms with Gasteiger partial charge in [0.1, 0.15) is 17.3 Å². The number of carbonyl (C=O) groups is 3. The molecular weight excluding hydrogens is 500 g/mol. The summed E-state index contributed by atoms with van der Waals surface area (Å²) in [5.41, 5.74) is 5.89. The monoisotopic (exact) mass is 534 g/mol. The van der Waals surface area contributed by atoms with Crippen LogP contribution in [0.25, 0.3) is 5.76 Å². The maximum absolute atomic E-state index is 14.3. The number of primary amides is 1. The Morgan fingerprint density at radius 3 is 2.54 bits per heavy atom. The molecule has 10 heteroatoms. The summed E-state index contributed by atoms with van der Waals surface area (Å²) in [6.07, 6.45) is 5.85. The normalized spacial score (nSPS) is 28.3. The van der Waals surface area contributed by atoms with Gasteiger partial charge in [-0.15, -0.1) is 0 Å². The molecule has 5 N–H and O–H groups in total. The molecule has 3 aliphatic rings. The maximum atomic E-state index is 14.3. The third-order valence-corrected chi connectivity index (χ3v) is 9.10. The van der Waals surface area contributed by atoms with Crippen LogP contribution < -0.4 is 5.73 Å². The van der Waals surface area contributed by atoms with E-state index in [-0.39, 0.29) is 64.4 Å². The van der Waals surface area contributed by atoms with Gasteiger partial charge in [0.15, 0.2) is 11.6 Å². The second-order valence-electron chi connectivity index (χ2n) is 11.4. The van der Waals surface area contributed by atoms with Gasteiger partial charge in [-0.1, -0.05) is 13.8 Å². The van der Waals surface area contributed by atoms with Gasteiger partial charge in [0.2, 0.25) is 5.91 Å². The number of fused-ring (bicyclic) bond motifs is 3. The van der Waals surface area contributed by atoms with Crippen molar-refractivity contribution in [2.75, 3.05) is 14.1 Å². The largest absolute Gasteiger partial charge is 0.510 e. The van der Waals surface area contributed by atoms with E-state index in [1.54, 1.807) is 48.9 Å². The van der Waals surface area contributed by atoms with Gasteiger partial charge >= 0.3 is 0 Å². The number of aliphatic hydroxyl groups excluding tert-OH is 2. The van der Waals surface area contributed by atoms with E-state index >= 15 is 0 Å². The zero-order valence-electron chi connectivity index (χ0n) is 22.5. The predicted octanol–water partition coefficient (Wildman–Crippen LogP) is 2.78. The average molecular weight is 535 g/mol. The van der Waals surface area contributed by atoms with Crippen LogP contribution in [0.2, 0.25) is 0 Å². The molecule has 0 bridgehead atoms. The predicted molar refractivity (Wildman–Crippen MR) is 143 cm³/mol. The van der Waals surface area contributed by atoms with Gasteiger partial charge < -0.3 is 25.6 Å². The molecule has 0 saturated heterocycles. The molecule has 0 aliphatic heterocycles. The zero-order valence-corrected chi connectivity index (χ0v) is 22.5. The number of carbonyl (C=O) groups excluding carboxylic acids is 3. The molecule has 1 fully saturated rings. The second kappa shape index (κ2) is 9.37. The molecule has 0 radical (unpaired) electrons. The minimum Gasteiger partial charge on any atom is -0.510 e. The molecule has 1 saturated carbocycles. The molecule has 1 aromatic carbocycles. The summed E-state index contributed by atoms with van der Waals surface area (Å²) in [7, 11) is 3.55. The Labute approximate surface area is 226 Å². The molecule has 1 amide bonds. The lowest BCUT2D eigenvalue weighted by Crippen LogP contribution is -2.58. The minimum atomic E-state index is -1.05. The molecule has 1 heterocycles. The Morgan fingerprint density at radius 1 is 1.23 bits per heavy atom. The smallest absolute Gasteiger partial charge is 0.248 e. The van der Waals surface area contributed by atoms with Gasteiger partial charge in [0, 0.05) is 34.9 Å². The molecule has 206 valence electrons. The van der Waals surface area contributed by atoms with E-state index < -0.39 is 29.2 Å². The summed E-state index contributed by atoms with van der Waals surface area (Å²) in [6.45, 7) is 3.65. The first-order valence-corrected chi connectivity index (χ1v) is 13.1. The fourth-order valence-corrected chi connectivity index (χ4v) is 7.33. The minimum absolute atomic E-state index is 0.0367. The summed E-state index contributed by atoms with van der Waals surface area (Å²) in [5, 5.41) is 33.6. The Kier molecular flexibility index (Phi) is 6.41. The molecule has 2 aromatic rings. The number of phenols is 1. The van der Waals surface area contributed by atoms with Gasteiger partial charge in [-0.05, 0) is 62.9 Å². The maximum Gasteiger partial charge on any atom is 0.248 e. The van der Waals surface area contributed by atoms with Crippen LogP contribution in [-0.2, 0) is 22.6 Å². The van der Waals surface area contributed by atoms with Gasteiger partial charge in [0.25, 0.3) is 0 Å². The fraction of sp³-hybridized carbons (Fsp3) is 0.448. The van der Waals surface area contributed by atoms with Crippen molar-refractivity contribution in [1.29, 1.82) is 0 Å². The van der Waals surface area contributed by atoms with Crippen LogP contribution >= 0.6 is 0 Å². The van der Waals surface area contributed by atoms with Crippen molar-refractivity contribution in [3.63, 3.8) is 0 Å². The van der Waals surface area contributed by atoms with Crippen molar-refractivity contribution in [2.24, 2.45) is 28.9 Å². The van der Waals surface area contributed by atoms with Crippen LogP contribution in [0.4, 0.5) is 0 Å². The highest BCUT2D eigenvalue weighted by molar-refractivity contribution is 6.08. The second-order valence-corrected chi connectivity index (χ2v) is 11.4. The summed E-state index contributed by atoms with van der Waals surface area (Å²) in [6, 6.07) is 2.28. The molecule has 3 unspecified atom stereocenters. The average Bonchev–Trinajstić information content (AvgIpc) is 3.36. The Bertz CT molecular complexity index is 1440. The number of Topliss-reactive ketones (excluding diaryl/α,β-unsaturated/α-hetero) is 2. The van der Waals surface area contributed by atoms with Crippen LogP contribution in [0.3, 0.4) is 0 Å².